The summed E-state index contributed by atoms with van der Waals surface area (Å²) in [6.45, 7) is 1.56. The van der Waals surface area contributed by atoms with Gasteiger partial charge in [-0.05, 0) is 54.5 Å². The number of halogens is 1. The van der Waals surface area contributed by atoms with E-state index >= 15 is 0 Å². The lowest BCUT2D eigenvalue weighted by atomic mass is 10.1. The van der Waals surface area contributed by atoms with E-state index in [4.69, 9.17) is 5.11 Å². The fraction of sp³-hybridized carbons (Fsp3) is 0.385. The predicted molar refractivity (Wildman–Crippen MR) is 75.4 cm³/mol. The lowest BCUT2D eigenvalue weighted by Gasteiger charge is -2.26. The van der Waals surface area contributed by atoms with E-state index in [0.29, 0.717) is 5.56 Å². The summed E-state index contributed by atoms with van der Waals surface area (Å²) in [5.41, 5.74) is 0.582. The number of nitrogens with zero attached hydrogens (tertiary/aromatic N) is 1. The molecule has 0 saturated heterocycles. The second-order valence-electron chi connectivity index (χ2n) is 4.44. The van der Waals surface area contributed by atoms with Crippen LogP contribution in [0.1, 0.15) is 30.1 Å². The van der Waals surface area contributed by atoms with Gasteiger partial charge in [-0.2, -0.15) is 0 Å². The summed E-state index contributed by atoms with van der Waals surface area (Å²) in [7, 11) is 0. The number of aliphatic carboxylic acids is 1. The number of rotatable bonds is 4. The van der Waals surface area contributed by atoms with Gasteiger partial charge in [0.25, 0.3) is 5.91 Å². The molecule has 1 atom stereocenters. The van der Waals surface area contributed by atoms with Crippen molar-refractivity contribution < 1.29 is 14.7 Å². The van der Waals surface area contributed by atoms with Crippen molar-refractivity contribution >= 4 is 34.5 Å². The molecule has 1 unspecified atom stereocenters. The molecule has 0 heterocycles. The normalized spacial score (nSPS) is 16.1. The highest BCUT2D eigenvalue weighted by molar-refractivity contribution is 14.1. The van der Waals surface area contributed by atoms with Crippen LogP contribution in [0.4, 0.5) is 0 Å². The van der Waals surface area contributed by atoms with Crippen LogP contribution in [-0.4, -0.2) is 34.0 Å². The standard InChI is InChI=1S/C13H14INO3/c1-8(13(17)18)15(9-6-7-9)12(16)10-4-2-3-5-11(10)14/h2-5,8-9H,6-7H2,1H3,(H,17,18). The quantitative estimate of drug-likeness (QED) is 0.840. The van der Waals surface area contributed by atoms with Crippen LogP contribution < -0.4 is 0 Å². The van der Waals surface area contributed by atoms with Crippen LogP contribution in [0.5, 0.6) is 0 Å². The number of carbonyl (C=O) groups excluding carboxylic acids is 1. The van der Waals surface area contributed by atoms with Crippen molar-refractivity contribution in [2.75, 3.05) is 0 Å². The number of hydrogen-bond donors (Lipinski definition) is 1. The molecular formula is C13H14INO3. The Balaban J connectivity index is 2.29. The summed E-state index contributed by atoms with van der Waals surface area (Å²) >= 11 is 2.10. The molecule has 1 N–H and O–H groups in total. The van der Waals surface area contributed by atoms with Crippen molar-refractivity contribution in [1.29, 1.82) is 0 Å². The van der Waals surface area contributed by atoms with Gasteiger partial charge in [0.05, 0.1) is 5.56 Å². The third kappa shape index (κ3) is 2.66. The summed E-state index contributed by atoms with van der Waals surface area (Å²) in [5, 5.41) is 9.10. The smallest absolute Gasteiger partial charge is 0.326 e. The van der Waals surface area contributed by atoms with Crippen molar-refractivity contribution in [3.63, 3.8) is 0 Å². The van der Waals surface area contributed by atoms with Gasteiger partial charge < -0.3 is 10.0 Å². The average molecular weight is 359 g/mol. The summed E-state index contributed by atoms with van der Waals surface area (Å²) in [5.74, 6) is -1.14. The molecule has 0 bridgehead atoms. The highest BCUT2D eigenvalue weighted by Gasteiger charge is 2.39. The van der Waals surface area contributed by atoms with Gasteiger partial charge in [-0.3, -0.25) is 4.79 Å². The van der Waals surface area contributed by atoms with E-state index < -0.39 is 12.0 Å². The van der Waals surface area contributed by atoms with Crippen LogP contribution in [0, 0.1) is 3.57 Å². The molecule has 5 heteroatoms. The van der Waals surface area contributed by atoms with E-state index in [1.54, 1.807) is 19.1 Å². The van der Waals surface area contributed by atoms with Crippen LogP contribution >= 0.6 is 22.6 Å². The molecule has 1 fully saturated rings. The maximum atomic E-state index is 12.5. The molecule has 1 aromatic rings. The minimum Gasteiger partial charge on any atom is -0.480 e. The third-order valence-electron chi connectivity index (χ3n) is 3.05. The van der Waals surface area contributed by atoms with E-state index in [-0.39, 0.29) is 11.9 Å². The van der Waals surface area contributed by atoms with Crippen LogP contribution in [0.25, 0.3) is 0 Å². The minimum absolute atomic E-state index is 0.0830. The number of hydrogen-bond acceptors (Lipinski definition) is 2. The molecule has 96 valence electrons. The monoisotopic (exact) mass is 359 g/mol. The summed E-state index contributed by atoms with van der Waals surface area (Å²) in [4.78, 5) is 25.0. The molecule has 0 radical (unpaired) electrons. The Bertz CT molecular complexity index is 485. The van der Waals surface area contributed by atoms with Crippen LogP contribution in [0.3, 0.4) is 0 Å². The maximum absolute atomic E-state index is 12.5. The first-order valence-corrected chi connectivity index (χ1v) is 6.90. The molecule has 18 heavy (non-hydrogen) atoms. The molecule has 1 aromatic carbocycles. The van der Waals surface area contributed by atoms with E-state index in [2.05, 4.69) is 22.6 Å². The Morgan fingerprint density at radius 2 is 2.00 bits per heavy atom. The summed E-state index contributed by atoms with van der Waals surface area (Å²) < 4.78 is 0.850. The van der Waals surface area contributed by atoms with Crippen molar-refractivity contribution in [1.82, 2.24) is 4.90 Å². The largest absolute Gasteiger partial charge is 0.480 e. The molecular weight excluding hydrogens is 345 g/mol. The predicted octanol–water partition coefficient (Wildman–Crippen LogP) is 2.37. The zero-order chi connectivity index (χ0) is 13.3. The van der Waals surface area contributed by atoms with Crippen LogP contribution in [0.2, 0.25) is 0 Å². The van der Waals surface area contributed by atoms with Gasteiger partial charge in [0.15, 0.2) is 0 Å². The fourth-order valence-corrected chi connectivity index (χ4v) is 2.52. The Hall–Kier alpha value is -1.11. The lowest BCUT2D eigenvalue weighted by molar-refractivity contribution is -0.141. The van der Waals surface area contributed by atoms with Gasteiger partial charge in [-0.15, -0.1) is 0 Å². The van der Waals surface area contributed by atoms with Crippen LogP contribution in [0.15, 0.2) is 24.3 Å². The van der Waals surface area contributed by atoms with Crippen molar-refractivity contribution in [2.24, 2.45) is 0 Å². The number of carboxylic acid groups (broad SMARTS) is 1. The third-order valence-corrected chi connectivity index (χ3v) is 3.99. The minimum atomic E-state index is -0.957. The Morgan fingerprint density at radius 3 is 2.50 bits per heavy atom. The number of benzene rings is 1. The lowest BCUT2D eigenvalue weighted by Crippen LogP contribution is -2.44. The summed E-state index contributed by atoms with van der Waals surface area (Å²) in [6.07, 6.45) is 1.79. The number of amides is 1. The second kappa shape index (κ2) is 5.26. The molecule has 4 nitrogen and oxygen atoms in total. The van der Waals surface area contributed by atoms with Gasteiger partial charge in [0, 0.05) is 9.61 Å². The zero-order valence-corrected chi connectivity index (χ0v) is 12.1. The first-order valence-electron chi connectivity index (χ1n) is 5.82. The van der Waals surface area contributed by atoms with E-state index in [0.717, 1.165) is 16.4 Å². The molecule has 1 amide bonds. The first kappa shape index (κ1) is 13.3. The van der Waals surface area contributed by atoms with E-state index in [9.17, 15) is 9.59 Å². The van der Waals surface area contributed by atoms with E-state index in [1.165, 1.54) is 4.90 Å². The molecule has 0 aliphatic heterocycles. The Kier molecular flexibility index (Phi) is 3.89. The fourth-order valence-electron chi connectivity index (χ4n) is 1.90. The van der Waals surface area contributed by atoms with Crippen molar-refractivity contribution in [2.45, 2.75) is 31.8 Å². The number of carbonyl (C=O) groups is 2. The molecule has 0 spiro atoms. The molecule has 2 rings (SSSR count). The SMILES string of the molecule is CC(C(=O)O)N(C(=O)c1ccccc1I)C1CC1. The van der Waals surface area contributed by atoms with Gasteiger partial charge >= 0.3 is 5.97 Å². The maximum Gasteiger partial charge on any atom is 0.326 e. The highest BCUT2D eigenvalue weighted by Crippen LogP contribution is 2.31. The average Bonchev–Trinajstić information content (AvgIpc) is 3.14. The highest BCUT2D eigenvalue weighted by atomic mass is 127. The Morgan fingerprint density at radius 1 is 1.39 bits per heavy atom. The van der Waals surface area contributed by atoms with Crippen LogP contribution in [-0.2, 0) is 4.79 Å². The topological polar surface area (TPSA) is 57.6 Å². The van der Waals surface area contributed by atoms with Crippen molar-refractivity contribution in [3.05, 3.63) is 33.4 Å². The van der Waals surface area contributed by atoms with Gasteiger partial charge in [0.2, 0.25) is 0 Å². The molecule has 1 aliphatic carbocycles. The van der Waals surface area contributed by atoms with Gasteiger partial charge in [-0.25, -0.2) is 4.79 Å². The molecule has 1 saturated carbocycles. The second-order valence-corrected chi connectivity index (χ2v) is 5.60. The first-order chi connectivity index (χ1) is 8.52. The zero-order valence-electron chi connectivity index (χ0n) is 9.97. The van der Waals surface area contributed by atoms with Crippen molar-refractivity contribution in [3.8, 4) is 0 Å². The Labute approximate surface area is 119 Å². The van der Waals surface area contributed by atoms with E-state index in [1.807, 2.05) is 12.1 Å². The number of carboxylic acids is 1. The van der Waals surface area contributed by atoms with Gasteiger partial charge in [0.1, 0.15) is 6.04 Å². The molecule has 1 aliphatic rings. The molecule has 0 aromatic heterocycles. The van der Waals surface area contributed by atoms with Gasteiger partial charge in [-0.1, -0.05) is 12.1 Å². The summed E-state index contributed by atoms with van der Waals surface area (Å²) in [6, 6.07) is 6.56.